The molecule has 1 fully saturated rings. The lowest BCUT2D eigenvalue weighted by Crippen LogP contribution is -2.54. The Bertz CT molecular complexity index is 890. The smallest absolute Gasteiger partial charge is 0.123 e. The van der Waals surface area contributed by atoms with Crippen molar-refractivity contribution in [1.82, 2.24) is 14.5 Å². The van der Waals surface area contributed by atoms with Crippen LogP contribution < -0.4 is 0 Å². The molecule has 1 aliphatic rings. The zero-order chi connectivity index (χ0) is 18.3. The summed E-state index contributed by atoms with van der Waals surface area (Å²) in [5, 5.41) is 11.5. The van der Waals surface area contributed by atoms with Crippen LogP contribution in [-0.2, 0) is 19.2 Å². The van der Waals surface area contributed by atoms with Crippen LogP contribution in [-0.4, -0.2) is 32.6 Å². The highest BCUT2D eigenvalue weighted by atomic mass is 16.3. The second-order valence-corrected chi connectivity index (χ2v) is 7.76. The maximum atomic E-state index is 11.5. The molecule has 1 aliphatic heterocycles. The van der Waals surface area contributed by atoms with Gasteiger partial charge in [0.1, 0.15) is 5.82 Å². The number of aliphatic hydroxyl groups is 1. The molecule has 1 N–H and O–H groups in total. The fraction of sp³-hybridized carbons (Fsp3) is 0.409. The first-order chi connectivity index (χ1) is 12.5. The van der Waals surface area contributed by atoms with Gasteiger partial charge in [0.05, 0.1) is 23.2 Å². The number of likely N-dealkylation sites (tertiary alicyclic amines) is 1. The first kappa shape index (κ1) is 17.3. The number of hydrogen-bond donors (Lipinski definition) is 1. The van der Waals surface area contributed by atoms with E-state index in [4.69, 9.17) is 4.98 Å². The Hall–Kier alpha value is -2.17. The van der Waals surface area contributed by atoms with Crippen LogP contribution in [0.3, 0.4) is 0 Å². The van der Waals surface area contributed by atoms with Gasteiger partial charge in [-0.25, -0.2) is 4.98 Å². The van der Waals surface area contributed by atoms with E-state index in [0.717, 1.165) is 36.5 Å². The van der Waals surface area contributed by atoms with E-state index in [1.807, 2.05) is 36.4 Å². The monoisotopic (exact) mass is 349 g/mol. The third-order valence-corrected chi connectivity index (χ3v) is 6.05. The average Bonchev–Trinajstić information content (AvgIpc) is 2.96. The summed E-state index contributed by atoms with van der Waals surface area (Å²) in [7, 11) is 2.09. The van der Waals surface area contributed by atoms with Gasteiger partial charge in [-0.1, -0.05) is 56.3 Å². The van der Waals surface area contributed by atoms with Crippen molar-refractivity contribution in [3.05, 3.63) is 66.0 Å². The van der Waals surface area contributed by atoms with E-state index in [9.17, 15) is 5.11 Å². The van der Waals surface area contributed by atoms with Crippen LogP contribution in [0, 0.1) is 11.8 Å². The van der Waals surface area contributed by atoms with E-state index < -0.39 is 5.60 Å². The highest BCUT2D eigenvalue weighted by Crippen LogP contribution is 2.41. The van der Waals surface area contributed by atoms with Crippen LogP contribution in [0.2, 0.25) is 0 Å². The molecule has 3 aromatic rings. The molecule has 2 unspecified atom stereocenters. The van der Waals surface area contributed by atoms with Gasteiger partial charge in [0.2, 0.25) is 0 Å². The Balaban J connectivity index is 1.57. The molecule has 1 saturated heterocycles. The number of rotatable bonds is 3. The average molecular weight is 349 g/mol. The lowest BCUT2D eigenvalue weighted by Gasteiger charge is -2.48. The molecule has 1 aromatic heterocycles. The largest absolute Gasteiger partial charge is 0.385 e. The topological polar surface area (TPSA) is 41.3 Å². The number of para-hydroxylation sites is 2. The van der Waals surface area contributed by atoms with Crippen molar-refractivity contribution in [2.45, 2.75) is 26.0 Å². The van der Waals surface area contributed by atoms with E-state index >= 15 is 0 Å². The van der Waals surface area contributed by atoms with Crippen molar-refractivity contribution in [3.63, 3.8) is 0 Å². The second kappa shape index (κ2) is 6.53. The first-order valence-electron chi connectivity index (χ1n) is 9.40. The zero-order valence-corrected chi connectivity index (χ0v) is 15.8. The number of fused-ring (bicyclic) bond motifs is 1. The highest BCUT2D eigenvalue weighted by Gasteiger charge is 2.45. The number of benzene rings is 2. The summed E-state index contributed by atoms with van der Waals surface area (Å²) in [6.07, 6.45) is 0. The lowest BCUT2D eigenvalue weighted by molar-refractivity contribution is -0.114. The maximum absolute atomic E-state index is 11.5. The van der Waals surface area contributed by atoms with E-state index in [2.05, 4.69) is 48.6 Å². The minimum atomic E-state index is -0.774. The van der Waals surface area contributed by atoms with E-state index in [-0.39, 0.29) is 11.8 Å². The fourth-order valence-electron chi connectivity index (χ4n) is 4.55. The van der Waals surface area contributed by atoms with Crippen molar-refractivity contribution < 1.29 is 5.11 Å². The minimum absolute atomic E-state index is 0.156. The molecule has 0 spiro atoms. The second-order valence-electron chi connectivity index (χ2n) is 7.76. The van der Waals surface area contributed by atoms with Crippen LogP contribution in [0.1, 0.15) is 25.2 Å². The molecule has 4 nitrogen and oxygen atoms in total. The van der Waals surface area contributed by atoms with Crippen LogP contribution in [0.5, 0.6) is 0 Å². The maximum Gasteiger partial charge on any atom is 0.123 e. The molecule has 0 saturated carbocycles. The quantitative estimate of drug-likeness (QED) is 0.786. The Labute approximate surface area is 155 Å². The van der Waals surface area contributed by atoms with Gasteiger partial charge < -0.3 is 9.67 Å². The van der Waals surface area contributed by atoms with Gasteiger partial charge in [0.25, 0.3) is 0 Å². The van der Waals surface area contributed by atoms with Crippen molar-refractivity contribution in [2.24, 2.45) is 18.9 Å². The van der Waals surface area contributed by atoms with Gasteiger partial charge in [-0.15, -0.1) is 0 Å². The molecule has 0 bridgehead atoms. The number of aryl methyl sites for hydroxylation is 1. The van der Waals surface area contributed by atoms with Crippen molar-refractivity contribution in [3.8, 4) is 0 Å². The summed E-state index contributed by atoms with van der Waals surface area (Å²) >= 11 is 0. The van der Waals surface area contributed by atoms with Crippen molar-refractivity contribution >= 4 is 11.0 Å². The standard InChI is InChI=1S/C22H27N3O/c1-16-13-25(14-17(2)22(16,26)18-9-5-4-6-10-18)15-21-23-19-11-7-8-12-20(19)24(21)3/h4-12,16-17,26H,13-15H2,1-3H3. The number of imidazole rings is 1. The van der Waals surface area contributed by atoms with Crippen LogP contribution in [0.4, 0.5) is 0 Å². The van der Waals surface area contributed by atoms with Gasteiger partial charge in [-0.2, -0.15) is 0 Å². The summed E-state index contributed by atoms with van der Waals surface area (Å²) in [6, 6.07) is 18.4. The van der Waals surface area contributed by atoms with Gasteiger partial charge in [-0.05, 0) is 17.7 Å². The molecule has 0 aliphatic carbocycles. The predicted molar refractivity (Wildman–Crippen MR) is 105 cm³/mol. The van der Waals surface area contributed by atoms with E-state index in [1.54, 1.807) is 0 Å². The van der Waals surface area contributed by atoms with Crippen molar-refractivity contribution in [1.29, 1.82) is 0 Å². The summed E-state index contributed by atoms with van der Waals surface area (Å²) in [6.45, 7) is 6.85. The SMILES string of the molecule is CC1CN(Cc2nc3ccccc3n2C)CC(C)C1(O)c1ccccc1. The summed E-state index contributed by atoms with van der Waals surface area (Å²) in [5.41, 5.74) is 2.47. The number of hydrogen-bond acceptors (Lipinski definition) is 3. The van der Waals surface area contributed by atoms with Gasteiger partial charge in [0.15, 0.2) is 0 Å². The normalized spacial score (nSPS) is 27.1. The Morgan fingerprint density at radius 1 is 1.00 bits per heavy atom. The molecule has 136 valence electrons. The van der Waals surface area contributed by atoms with E-state index in [1.165, 1.54) is 5.52 Å². The fourth-order valence-corrected chi connectivity index (χ4v) is 4.55. The molecular weight excluding hydrogens is 322 g/mol. The summed E-state index contributed by atoms with van der Waals surface area (Å²) in [5.74, 6) is 1.39. The number of nitrogens with zero attached hydrogens (tertiary/aromatic N) is 3. The minimum Gasteiger partial charge on any atom is -0.385 e. The Kier molecular flexibility index (Phi) is 4.33. The third-order valence-electron chi connectivity index (χ3n) is 6.05. The Morgan fingerprint density at radius 3 is 2.27 bits per heavy atom. The molecule has 2 aromatic carbocycles. The summed E-state index contributed by atoms with van der Waals surface area (Å²) < 4.78 is 2.18. The number of aromatic nitrogens is 2. The molecule has 0 amide bonds. The molecule has 2 heterocycles. The zero-order valence-electron chi connectivity index (χ0n) is 15.8. The third kappa shape index (κ3) is 2.74. The lowest BCUT2D eigenvalue weighted by atomic mass is 9.71. The molecular formula is C22H27N3O. The summed E-state index contributed by atoms with van der Waals surface area (Å²) in [4.78, 5) is 7.23. The van der Waals surface area contributed by atoms with Crippen LogP contribution in [0.15, 0.2) is 54.6 Å². The highest BCUT2D eigenvalue weighted by molar-refractivity contribution is 5.75. The Morgan fingerprint density at radius 2 is 1.62 bits per heavy atom. The first-order valence-corrected chi connectivity index (χ1v) is 9.40. The van der Waals surface area contributed by atoms with Crippen molar-refractivity contribution in [2.75, 3.05) is 13.1 Å². The van der Waals surface area contributed by atoms with Gasteiger partial charge in [-0.3, -0.25) is 4.90 Å². The van der Waals surface area contributed by atoms with Crippen LogP contribution in [0.25, 0.3) is 11.0 Å². The molecule has 2 atom stereocenters. The van der Waals surface area contributed by atoms with Crippen LogP contribution >= 0.6 is 0 Å². The molecule has 4 rings (SSSR count). The number of piperidine rings is 1. The van der Waals surface area contributed by atoms with E-state index in [0.29, 0.717) is 0 Å². The predicted octanol–water partition coefficient (Wildman–Crippen LogP) is 3.55. The van der Waals surface area contributed by atoms with Gasteiger partial charge in [0, 0.05) is 32.0 Å². The molecule has 26 heavy (non-hydrogen) atoms. The van der Waals surface area contributed by atoms with Gasteiger partial charge >= 0.3 is 0 Å². The molecule has 4 heteroatoms. The molecule has 0 radical (unpaired) electrons.